The van der Waals surface area contributed by atoms with Gasteiger partial charge in [-0.2, -0.15) is 0 Å². The molecule has 0 aromatic carbocycles. The van der Waals surface area contributed by atoms with E-state index in [4.69, 9.17) is 0 Å². The van der Waals surface area contributed by atoms with Gasteiger partial charge in [-0.15, -0.1) is 11.3 Å². The number of nitrogens with zero attached hydrogens (tertiary/aromatic N) is 1. The van der Waals surface area contributed by atoms with Crippen LogP contribution in [0, 0.1) is 11.8 Å². The lowest BCUT2D eigenvalue weighted by Crippen LogP contribution is -1.81. The van der Waals surface area contributed by atoms with Gasteiger partial charge in [-0.05, 0) is 0 Å². The van der Waals surface area contributed by atoms with E-state index in [0.29, 0.717) is 5.92 Å². The van der Waals surface area contributed by atoms with E-state index in [2.05, 4.69) is 30.7 Å². The quantitative estimate of drug-likeness (QED) is 0.610. The number of hydrogen-bond acceptors (Lipinski definition) is 2. The fraction of sp³-hybridized carbons (Fsp3) is 0.444. The molecule has 0 aliphatic rings. The predicted molar refractivity (Wildman–Crippen MR) is 49.1 cm³/mol. The van der Waals surface area contributed by atoms with Crippen molar-refractivity contribution < 1.29 is 4.39 Å². The van der Waals surface area contributed by atoms with Gasteiger partial charge < -0.3 is 0 Å². The molecule has 0 radical (unpaired) electrons. The van der Waals surface area contributed by atoms with Gasteiger partial charge in [-0.1, -0.05) is 25.7 Å². The second kappa shape index (κ2) is 4.22. The van der Waals surface area contributed by atoms with Gasteiger partial charge in [0.15, 0.2) is 6.67 Å². The Bertz CT molecular complexity index is 306. The smallest absolute Gasteiger partial charge is 0.150 e. The molecule has 0 spiro atoms. The molecular weight excluding hydrogens is 173 g/mol. The molecule has 3 heteroatoms. The van der Waals surface area contributed by atoms with Crippen LogP contribution in [0.1, 0.15) is 29.7 Å². The lowest BCUT2D eigenvalue weighted by atomic mass is 10.2. The summed E-state index contributed by atoms with van der Waals surface area (Å²) in [7, 11) is 0. The summed E-state index contributed by atoms with van der Waals surface area (Å²) in [6.45, 7) is 3.56. The fourth-order valence-electron chi connectivity index (χ4n) is 0.733. The lowest BCUT2D eigenvalue weighted by Gasteiger charge is -1.94. The molecule has 0 amide bonds. The number of thiazole rings is 1. The second-order valence-electron chi connectivity index (χ2n) is 2.65. The maximum absolute atomic E-state index is 11.7. The highest BCUT2D eigenvalue weighted by Crippen LogP contribution is 2.19. The van der Waals surface area contributed by atoms with Gasteiger partial charge in [0.25, 0.3) is 0 Å². The second-order valence-corrected chi connectivity index (χ2v) is 3.72. The van der Waals surface area contributed by atoms with Crippen molar-refractivity contribution in [2.45, 2.75) is 19.8 Å². The average molecular weight is 183 g/mol. The third-order valence-electron chi connectivity index (χ3n) is 1.30. The fourth-order valence-corrected chi connectivity index (χ4v) is 1.53. The van der Waals surface area contributed by atoms with Gasteiger partial charge in [0, 0.05) is 5.92 Å². The highest BCUT2D eigenvalue weighted by Gasteiger charge is 2.03. The van der Waals surface area contributed by atoms with Crippen molar-refractivity contribution in [3.63, 3.8) is 0 Å². The van der Waals surface area contributed by atoms with Crippen LogP contribution in [0.2, 0.25) is 0 Å². The van der Waals surface area contributed by atoms with Crippen LogP contribution in [0.15, 0.2) is 6.20 Å². The van der Waals surface area contributed by atoms with E-state index in [1.807, 2.05) is 0 Å². The molecule has 0 saturated heterocycles. The van der Waals surface area contributed by atoms with Gasteiger partial charge in [0.05, 0.1) is 16.1 Å². The molecular formula is C9H10FNS. The van der Waals surface area contributed by atoms with Crippen LogP contribution in [0.4, 0.5) is 4.39 Å². The summed E-state index contributed by atoms with van der Waals surface area (Å²) in [5, 5.41) is 1.05. The largest absolute Gasteiger partial charge is 0.248 e. The van der Waals surface area contributed by atoms with E-state index in [9.17, 15) is 4.39 Å². The zero-order valence-electron chi connectivity index (χ0n) is 7.10. The van der Waals surface area contributed by atoms with Crippen molar-refractivity contribution in [2.75, 3.05) is 6.67 Å². The minimum atomic E-state index is -0.588. The molecule has 0 N–H and O–H groups in total. The average Bonchev–Trinajstić information content (AvgIpc) is 2.48. The molecule has 0 saturated carbocycles. The monoisotopic (exact) mass is 183 g/mol. The Kier molecular flexibility index (Phi) is 3.24. The molecule has 0 atom stereocenters. The highest BCUT2D eigenvalue weighted by molar-refractivity contribution is 7.12. The van der Waals surface area contributed by atoms with Crippen molar-refractivity contribution in [1.82, 2.24) is 4.98 Å². The maximum Gasteiger partial charge on any atom is 0.150 e. The number of rotatable bonds is 1. The Labute approximate surface area is 75.6 Å². The number of aromatic nitrogens is 1. The molecule has 1 aromatic rings. The van der Waals surface area contributed by atoms with Crippen molar-refractivity contribution in [2.24, 2.45) is 0 Å². The van der Waals surface area contributed by atoms with E-state index in [1.54, 1.807) is 6.20 Å². The normalized spacial score (nSPS) is 9.67. The van der Waals surface area contributed by atoms with Gasteiger partial charge in [-0.3, -0.25) is 0 Å². The van der Waals surface area contributed by atoms with E-state index in [0.717, 1.165) is 9.88 Å². The predicted octanol–water partition coefficient (Wildman–Crippen LogP) is 2.59. The van der Waals surface area contributed by atoms with Gasteiger partial charge in [-0.25, -0.2) is 9.37 Å². The van der Waals surface area contributed by atoms with Crippen LogP contribution in [-0.2, 0) is 0 Å². The first-order valence-electron chi connectivity index (χ1n) is 3.74. The van der Waals surface area contributed by atoms with Crippen molar-refractivity contribution in [3.8, 4) is 11.8 Å². The minimum absolute atomic E-state index is 0.427. The van der Waals surface area contributed by atoms with Crippen molar-refractivity contribution >= 4 is 11.3 Å². The topological polar surface area (TPSA) is 12.9 Å². The van der Waals surface area contributed by atoms with E-state index in [1.165, 1.54) is 11.3 Å². The van der Waals surface area contributed by atoms with Crippen LogP contribution in [-0.4, -0.2) is 11.7 Å². The third kappa shape index (κ3) is 2.31. The van der Waals surface area contributed by atoms with E-state index in [-0.39, 0.29) is 0 Å². The third-order valence-corrected chi connectivity index (χ3v) is 2.51. The molecule has 0 bridgehead atoms. The zero-order chi connectivity index (χ0) is 8.97. The Morgan fingerprint density at radius 2 is 2.42 bits per heavy atom. The SMILES string of the molecule is CC(C)c1ncc(C#CCF)s1. The molecule has 0 unspecified atom stereocenters. The molecule has 1 nitrogen and oxygen atoms in total. The Morgan fingerprint density at radius 3 is 2.92 bits per heavy atom. The highest BCUT2D eigenvalue weighted by atomic mass is 32.1. The summed E-state index contributed by atoms with van der Waals surface area (Å²) in [4.78, 5) is 5.01. The summed E-state index contributed by atoms with van der Waals surface area (Å²) in [6.07, 6.45) is 1.70. The van der Waals surface area contributed by atoms with Crippen LogP contribution in [0.5, 0.6) is 0 Å². The van der Waals surface area contributed by atoms with E-state index >= 15 is 0 Å². The first-order chi connectivity index (χ1) is 5.74. The zero-order valence-corrected chi connectivity index (χ0v) is 7.91. The van der Waals surface area contributed by atoms with Crippen LogP contribution < -0.4 is 0 Å². The van der Waals surface area contributed by atoms with Crippen LogP contribution in [0.3, 0.4) is 0 Å². The molecule has 1 heterocycles. The molecule has 64 valence electrons. The standard InChI is InChI=1S/C9H10FNS/c1-7(2)9-11-6-8(12-9)4-3-5-10/h6-7H,5H2,1-2H3. The summed E-state index contributed by atoms with van der Waals surface area (Å²) in [5.41, 5.74) is 0. The Hall–Kier alpha value is -0.880. The van der Waals surface area contributed by atoms with Gasteiger partial charge in [0.1, 0.15) is 0 Å². The molecule has 1 rings (SSSR count). The molecule has 12 heavy (non-hydrogen) atoms. The molecule has 0 fully saturated rings. The van der Waals surface area contributed by atoms with Crippen molar-refractivity contribution in [3.05, 3.63) is 16.1 Å². The first-order valence-corrected chi connectivity index (χ1v) is 4.56. The van der Waals surface area contributed by atoms with Crippen LogP contribution >= 0.6 is 11.3 Å². The van der Waals surface area contributed by atoms with Gasteiger partial charge >= 0.3 is 0 Å². The molecule has 0 aliphatic carbocycles. The first kappa shape index (κ1) is 9.21. The number of halogens is 1. The van der Waals surface area contributed by atoms with E-state index < -0.39 is 6.67 Å². The number of hydrogen-bond donors (Lipinski definition) is 0. The van der Waals surface area contributed by atoms with Gasteiger partial charge in [0.2, 0.25) is 0 Å². The maximum atomic E-state index is 11.7. The summed E-state index contributed by atoms with van der Waals surface area (Å²) in [6, 6.07) is 0. The lowest BCUT2D eigenvalue weighted by molar-refractivity contribution is 0.573. The molecule has 1 aromatic heterocycles. The minimum Gasteiger partial charge on any atom is -0.248 e. The molecule has 0 aliphatic heterocycles. The summed E-state index contributed by atoms with van der Waals surface area (Å²) in [5.74, 6) is 5.50. The van der Waals surface area contributed by atoms with Crippen molar-refractivity contribution in [1.29, 1.82) is 0 Å². The van der Waals surface area contributed by atoms with Crippen LogP contribution in [0.25, 0.3) is 0 Å². The summed E-state index contributed by atoms with van der Waals surface area (Å²) < 4.78 is 11.7. The Morgan fingerprint density at radius 1 is 1.67 bits per heavy atom. The summed E-state index contributed by atoms with van der Waals surface area (Å²) >= 11 is 1.53. The Balaban J connectivity index is 2.77. The number of alkyl halides is 1.